The van der Waals surface area contributed by atoms with E-state index in [1.165, 1.54) is 11.0 Å². The Kier molecular flexibility index (Phi) is 3.51. The first-order valence-electron chi connectivity index (χ1n) is 4.96. The Balaban J connectivity index is 2.52. The summed E-state index contributed by atoms with van der Waals surface area (Å²) in [5.74, 6) is -0.359. The third-order valence-corrected chi connectivity index (χ3v) is 3.62. The van der Waals surface area contributed by atoms with E-state index in [1.54, 1.807) is 0 Å². The second-order valence-corrected chi connectivity index (χ2v) is 5.04. The SMILES string of the molecule is NC1CC(=O)N(c2nc(Cl)c(Br)cc2[N+](=O)[O-])C1. The Morgan fingerprint density at radius 2 is 2.33 bits per heavy atom. The Morgan fingerprint density at radius 1 is 1.67 bits per heavy atom. The van der Waals surface area contributed by atoms with Gasteiger partial charge in [0.2, 0.25) is 11.7 Å². The van der Waals surface area contributed by atoms with E-state index < -0.39 is 4.92 Å². The van der Waals surface area contributed by atoms with Crippen LogP contribution in [-0.4, -0.2) is 28.4 Å². The van der Waals surface area contributed by atoms with Gasteiger partial charge in [0.15, 0.2) is 0 Å². The molecule has 1 saturated heterocycles. The quantitative estimate of drug-likeness (QED) is 0.501. The number of amides is 1. The van der Waals surface area contributed by atoms with Crippen molar-refractivity contribution in [3.05, 3.63) is 25.8 Å². The third kappa shape index (κ3) is 2.31. The lowest BCUT2D eigenvalue weighted by molar-refractivity contribution is -0.384. The fourth-order valence-electron chi connectivity index (χ4n) is 1.72. The van der Waals surface area contributed by atoms with Crippen molar-refractivity contribution in [1.29, 1.82) is 0 Å². The topological polar surface area (TPSA) is 102 Å². The van der Waals surface area contributed by atoms with Gasteiger partial charge in [-0.1, -0.05) is 11.6 Å². The largest absolute Gasteiger partial charge is 0.326 e. The van der Waals surface area contributed by atoms with Gasteiger partial charge in [-0.15, -0.1) is 0 Å². The number of anilines is 1. The molecule has 2 rings (SSSR count). The van der Waals surface area contributed by atoms with Gasteiger partial charge in [0.25, 0.3) is 0 Å². The summed E-state index contributed by atoms with van der Waals surface area (Å²) in [6.07, 6.45) is 0.145. The molecule has 1 aliphatic heterocycles. The number of aromatic nitrogens is 1. The minimum Gasteiger partial charge on any atom is -0.326 e. The van der Waals surface area contributed by atoms with E-state index in [9.17, 15) is 14.9 Å². The highest BCUT2D eigenvalue weighted by atomic mass is 79.9. The second-order valence-electron chi connectivity index (χ2n) is 3.83. The van der Waals surface area contributed by atoms with Crippen LogP contribution in [0, 0.1) is 10.1 Å². The molecule has 1 unspecified atom stereocenters. The van der Waals surface area contributed by atoms with Gasteiger partial charge in [-0.2, -0.15) is 0 Å². The monoisotopic (exact) mass is 334 g/mol. The third-order valence-electron chi connectivity index (χ3n) is 2.50. The van der Waals surface area contributed by atoms with E-state index in [1.807, 2.05) is 0 Å². The highest BCUT2D eigenvalue weighted by Crippen LogP contribution is 2.34. The zero-order valence-corrected chi connectivity index (χ0v) is 11.3. The van der Waals surface area contributed by atoms with E-state index >= 15 is 0 Å². The Hall–Kier alpha value is -1.25. The predicted octanol–water partition coefficient (Wildman–Crippen LogP) is 1.47. The number of hydrogen-bond donors (Lipinski definition) is 1. The maximum atomic E-state index is 11.7. The highest BCUT2D eigenvalue weighted by Gasteiger charge is 2.34. The Bertz CT molecular complexity index is 539. The first-order chi connectivity index (χ1) is 8.40. The lowest BCUT2D eigenvalue weighted by Gasteiger charge is -2.15. The van der Waals surface area contributed by atoms with E-state index in [-0.39, 0.29) is 41.6 Å². The molecule has 0 radical (unpaired) electrons. The summed E-state index contributed by atoms with van der Waals surface area (Å²) < 4.78 is 0.301. The molecule has 0 aromatic carbocycles. The summed E-state index contributed by atoms with van der Waals surface area (Å²) in [6.45, 7) is 0.199. The van der Waals surface area contributed by atoms with Gasteiger partial charge >= 0.3 is 5.69 Å². The van der Waals surface area contributed by atoms with Gasteiger partial charge in [0, 0.05) is 25.1 Å². The molecule has 0 aliphatic carbocycles. The average Bonchev–Trinajstić information content (AvgIpc) is 2.61. The lowest BCUT2D eigenvalue weighted by atomic mass is 10.3. The molecule has 1 fully saturated rings. The first kappa shape index (κ1) is 13.2. The summed E-state index contributed by atoms with van der Waals surface area (Å²) in [6, 6.07) is 0.878. The molecule has 18 heavy (non-hydrogen) atoms. The molecule has 9 heteroatoms. The summed E-state index contributed by atoms with van der Waals surface area (Å²) in [5, 5.41) is 11.0. The number of hydrogen-bond acceptors (Lipinski definition) is 5. The number of nitrogens with zero attached hydrogens (tertiary/aromatic N) is 3. The molecule has 7 nitrogen and oxygen atoms in total. The molecule has 0 bridgehead atoms. The van der Waals surface area contributed by atoms with Crippen molar-refractivity contribution >= 4 is 44.9 Å². The number of nitro groups is 1. The van der Waals surface area contributed by atoms with Crippen LogP contribution in [0.3, 0.4) is 0 Å². The van der Waals surface area contributed by atoms with Gasteiger partial charge < -0.3 is 5.73 Å². The molecular formula is C9H8BrClN4O3. The summed E-state index contributed by atoms with van der Waals surface area (Å²) in [4.78, 5) is 27.1. The number of carbonyl (C=O) groups is 1. The van der Waals surface area contributed by atoms with Gasteiger partial charge in [0.1, 0.15) is 5.15 Å². The van der Waals surface area contributed by atoms with Crippen LogP contribution in [0.4, 0.5) is 11.5 Å². The zero-order chi connectivity index (χ0) is 13.4. The van der Waals surface area contributed by atoms with Crippen LogP contribution in [0.2, 0.25) is 5.15 Å². The van der Waals surface area contributed by atoms with E-state index in [4.69, 9.17) is 17.3 Å². The van der Waals surface area contributed by atoms with Gasteiger partial charge in [-0.25, -0.2) is 4.98 Å². The average molecular weight is 336 g/mol. The molecule has 0 saturated carbocycles. The smallest absolute Gasteiger partial charge is 0.313 e. The van der Waals surface area contributed by atoms with Gasteiger partial charge in [-0.3, -0.25) is 19.8 Å². The summed E-state index contributed by atoms with van der Waals surface area (Å²) >= 11 is 8.86. The van der Waals surface area contributed by atoms with Crippen LogP contribution in [0.25, 0.3) is 0 Å². The summed E-state index contributed by atoms with van der Waals surface area (Å²) in [5.41, 5.74) is 5.36. The number of carbonyl (C=O) groups excluding carboxylic acids is 1. The minimum absolute atomic E-state index is 0.0591. The van der Waals surface area contributed by atoms with Crippen molar-refractivity contribution in [1.82, 2.24) is 4.98 Å². The molecule has 96 valence electrons. The number of nitrogens with two attached hydrogens (primary N) is 1. The minimum atomic E-state index is -0.611. The molecule has 2 N–H and O–H groups in total. The van der Waals surface area contributed by atoms with Crippen molar-refractivity contribution in [2.45, 2.75) is 12.5 Å². The first-order valence-corrected chi connectivity index (χ1v) is 6.13. The molecule has 1 atom stereocenters. The number of pyridine rings is 1. The maximum Gasteiger partial charge on any atom is 0.313 e. The molecule has 1 aromatic rings. The Labute approximate surface area is 115 Å². The van der Waals surface area contributed by atoms with Crippen molar-refractivity contribution in [2.75, 3.05) is 11.4 Å². The fourth-order valence-corrected chi connectivity index (χ4v) is 2.16. The van der Waals surface area contributed by atoms with Crippen LogP contribution in [0.15, 0.2) is 10.5 Å². The highest BCUT2D eigenvalue weighted by molar-refractivity contribution is 9.10. The van der Waals surface area contributed by atoms with E-state index in [0.29, 0.717) is 4.47 Å². The van der Waals surface area contributed by atoms with Crippen LogP contribution >= 0.6 is 27.5 Å². The zero-order valence-electron chi connectivity index (χ0n) is 8.97. The maximum absolute atomic E-state index is 11.7. The van der Waals surface area contributed by atoms with Crippen LogP contribution in [-0.2, 0) is 4.79 Å². The normalized spacial score (nSPS) is 19.4. The molecule has 1 aromatic heterocycles. The fraction of sp³-hybridized carbons (Fsp3) is 0.333. The van der Waals surface area contributed by atoms with Gasteiger partial charge in [0.05, 0.1) is 9.40 Å². The molecule has 0 spiro atoms. The standard InChI is InChI=1S/C9H8BrClN4O3/c10-5-2-6(15(17)18)9(13-8(5)11)14-3-4(12)1-7(14)16/h2,4H,1,3,12H2. The van der Waals surface area contributed by atoms with Crippen molar-refractivity contribution in [2.24, 2.45) is 5.73 Å². The van der Waals surface area contributed by atoms with Crippen molar-refractivity contribution in [3.8, 4) is 0 Å². The van der Waals surface area contributed by atoms with E-state index in [2.05, 4.69) is 20.9 Å². The van der Waals surface area contributed by atoms with Crippen LogP contribution in [0.1, 0.15) is 6.42 Å². The summed E-state index contributed by atoms with van der Waals surface area (Å²) in [7, 11) is 0. The lowest BCUT2D eigenvalue weighted by Crippen LogP contribution is -2.29. The molecule has 1 amide bonds. The van der Waals surface area contributed by atoms with Crippen molar-refractivity contribution < 1.29 is 9.72 Å². The molecule has 1 aliphatic rings. The van der Waals surface area contributed by atoms with E-state index in [0.717, 1.165) is 0 Å². The predicted molar refractivity (Wildman–Crippen MR) is 68.5 cm³/mol. The number of rotatable bonds is 2. The number of halogens is 2. The van der Waals surface area contributed by atoms with Crippen molar-refractivity contribution in [3.63, 3.8) is 0 Å². The molecule has 2 heterocycles. The second kappa shape index (κ2) is 4.79. The van der Waals surface area contributed by atoms with Crippen LogP contribution in [0.5, 0.6) is 0 Å². The molecular weight excluding hydrogens is 327 g/mol. The van der Waals surface area contributed by atoms with Gasteiger partial charge in [-0.05, 0) is 15.9 Å². The Morgan fingerprint density at radius 3 is 2.83 bits per heavy atom. The van der Waals surface area contributed by atoms with Crippen LogP contribution < -0.4 is 10.6 Å².